The van der Waals surface area contributed by atoms with E-state index in [1.807, 2.05) is 17.5 Å². The minimum Gasteiger partial charge on any atom is -0.302 e. The van der Waals surface area contributed by atoms with Crippen LogP contribution in [0.1, 0.15) is 4.88 Å². The molecular weight excluding hydrogens is 296 g/mol. The van der Waals surface area contributed by atoms with E-state index in [0.717, 1.165) is 8.66 Å². The lowest BCUT2D eigenvalue weighted by molar-refractivity contribution is -0.115. The van der Waals surface area contributed by atoms with Gasteiger partial charge in [0.25, 0.3) is 0 Å². The van der Waals surface area contributed by atoms with Gasteiger partial charge in [0.15, 0.2) is 5.13 Å². The predicted molar refractivity (Wildman–Crippen MR) is 66.5 cm³/mol. The van der Waals surface area contributed by atoms with Crippen molar-refractivity contribution in [3.63, 3.8) is 0 Å². The highest BCUT2D eigenvalue weighted by Gasteiger charge is 2.07. The van der Waals surface area contributed by atoms with E-state index >= 15 is 0 Å². The number of amides is 1. The Balaban J connectivity index is 1.93. The molecule has 2 heterocycles. The molecule has 0 radical (unpaired) electrons. The first-order valence-electron chi connectivity index (χ1n) is 4.17. The maximum Gasteiger partial charge on any atom is 0.231 e. The zero-order valence-corrected chi connectivity index (χ0v) is 10.8. The normalized spacial score (nSPS) is 10.2. The lowest BCUT2D eigenvalue weighted by Gasteiger charge is -1.98. The summed E-state index contributed by atoms with van der Waals surface area (Å²) in [5.41, 5.74) is 0. The van der Waals surface area contributed by atoms with Crippen molar-refractivity contribution in [2.75, 3.05) is 5.32 Å². The number of anilines is 1. The molecule has 2 aromatic heterocycles. The molecule has 0 fully saturated rings. The van der Waals surface area contributed by atoms with Crippen LogP contribution in [-0.2, 0) is 11.2 Å². The summed E-state index contributed by atoms with van der Waals surface area (Å²) in [6, 6.07) is 3.88. The molecule has 0 aliphatic carbocycles. The van der Waals surface area contributed by atoms with Gasteiger partial charge >= 0.3 is 0 Å². The number of nitrogens with zero attached hydrogens (tertiary/aromatic N) is 1. The van der Waals surface area contributed by atoms with Gasteiger partial charge in [0.1, 0.15) is 0 Å². The Morgan fingerprint density at radius 2 is 2.47 bits per heavy atom. The summed E-state index contributed by atoms with van der Waals surface area (Å²) in [6.07, 6.45) is 2.08. The zero-order valence-electron chi connectivity index (χ0n) is 7.57. The van der Waals surface area contributed by atoms with E-state index in [1.54, 1.807) is 17.5 Å². The number of carbonyl (C=O) groups excluding carboxylic acids is 1. The van der Waals surface area contributed by atoms with Crippen LogP contribution >= 0.6 is 38.6 Å². The molecule has 0 aliphatic heterocycles. The molecule has 0 spiro atoms. The number of rotatable bonds is 3. The first-order chi connectivity index (χ1) is 7.24. The zero-order chi connectivity index (χ0) is 10.7. The molecule has 0 saturated carbocycles. The Hall–Kier alpha value is -0.720. The van der Waals surface area contributed by atoms with E-state index in [1.165, 1.54) is 11.3 Å². The van der Waals surface area contributed by atoms with Crippen LogP contribution in [0.15, 0.2) is 27.5 Å². The minimum absolute atomic E-state index is 0.0284. The Morgan fingerprint density at radius 1 is 1.60 bits per heavy atom. The van der Waals surface area contributed by atoms with Gasteiger partial charge in [0.2, 0.25) is 5.91 Å². The number of thiophene rings is 1. The van der Waals surface area contributed by atoms with E-state index in [0.29, 0.717) is 11.6 Å². The number of halogens is 1. The molecule has 6 heteroatoms. The summed E-state index contributed by atoms with van der Waals surface area (Å²) >= 11 is 6.28. The Bertz CT molecular complexity index is 452. The third-order valence-corrected chi connectivity index (χ3v) is 3.91. The second-order valence-electron chi connectivity index (χ2n) is 2.77. The van der Waals surface area contributed by atoms with E-state index in [9.17, 15) is 4.79 Å². The van der Waals surface area contributed by atoms with Crippen molar-refractivity contribution in [1.82, 2.24) is 4.98 Å². The minimum atomic E-state index is -0.0284. The summed E-state index contributed by atoms with van der Waals surface area (Å²) in [6.45, 7) is 0. The number of hydrogen-bond donors (Lipinski definition) is 1. The van der Waals surface area contributed by atoms with Gasteiger partial charge in [-0.25, -0.2) is 4.98 Å². The fourth-order valence-electron chi connectivity index (χ4n) is 1.05. The maximum absolute atomic E-state index is 11.5. The molecule has 0 atom stereocenters. The molecule has 3 nitrogen and oxygen atoms in total. The molecule has 15 heavy (non-hydrogen) atoms. The molecule has 0 aliphatic rings. The van der Waals surface area contributed by atoms with Gasteiger partial charge in [-0.1, -0.05) is 17.4 Å². The fraction of sp³-hybridized carbons (Fsp3) is 0.111. The van der Waals surface area contributed by atoms with Crippen molar-refractivity contribution in [3.05, 3.63) is 32.4 Å². The molecule has 78 valence electrons. The van der Waals surface area contributed by atoms with Gasteiger partial charge in [-0.05, 0) is 27.4 Å². The average Bonchev–Trinajstić information content (AvgIpc) is 2.77. The van der Waals surface area contributed by atoms with E-state index in [4.69, 9.17) is 0 Å². The highest BCUT2D eigenvalue weighted by Crippen LogP contribution is 2.23. The number of carbonyl (C=O) groups is 1. The van der Waals surface area contributed by atoms with Gasteiger partial charge in [0, 0.05) is 4.88 Å². The summed E-state index contributed by atoms with van der Waals surface area (Å²) in [5.74, 6) is -0.0284. The van der Waals surface area contributed by atoms with Crippen molar-refractivity contribution < 1.29 is 4.79 Å². The monoisotopic (exact) mass is 302 g/mol. The number of thiazole rings is 1. The molecule has 1 amide bonds. The Morgan fingerprint density at radius 3 is 3.07 bits per heavy atom. The topological polar surface area (TPSA) is 42.0 Å². The molecule has 0 aromatic carbocycles. The van der Waals surface area contributed by atoms with Gasteiger partial charge in [0.05, 0.1) is 16.4 Å². The highest BCUT2D eigenvalue weighted by molar-refractivity contribution is 9.11. The van der Waals surface area contributed by atoms with Crippen LogP contribution in [-0.4, -0.2) is 10.9 Å². The third kappa shape index (κ3) is 3.12. The smallest absolute Gasteiger partial charge is 0.231 e. The number of aromatic nitrogens is 1. The first kappa shape index (κ1) is 10.8. The first-order valence-corrected chi connectivity index (χ1v) is 6.66. The van der Waals surface area contributed by atoms with Crippen molar-refractivity contribution in [2.45, 2.75) is 6.42 Å². The summed E-state index contributed by atoms with van der Waals surface area (Å²) in [7, 11) is 0. The molecule has 0 saturated heterocycles. The van der Waals surface area contributed by atoms with Crippen LogP contribution < -0.4 is 5.32 Å². The van der Waals surface area contributed by atoms with Crippen LogP contribution in [0, 0.1) is 0 Å². The molecule has 2 rings (SSSR count). The molecule has 1 N–H and O–H groups in total. The predicted octanol–water partition coefficient (Wildman–Crippen LogP) is 3.15. The highest BCUT2D eigenvalue weighted by atomic mass is 79.9. The van der Waals surface area contributed by atoms with Crippen LogP contribution in [0.2, 0.25) is 0 Å². The van der Waals surface area contributed by atoms with Gasteiger partial charge in [-0.2, -0.15) is 0 Å². The van der Waals surface area contributed by atoms with Crippen molar-refractivity contribution in [3.8, 4) is 0 Å². The van der Waals surface area contributed by atoms with Crippen molar-refractivity contribution in [2.24, 2.45) is 0 Å². The SMILES string of the molecule is O=C(Cc1cccs1)Nc1ncc(Br)s1. The lowest BCUT2D eigenvalue weighted by atomic mass is 10.3. The standard InChI is InChI=1S/C9H7BrN2OS2/c10-7-5-11-9(15-7)12-8(13)4-6-2-1-3-14-6/h1-3,5H,4H2,(H,11,12,13). The average molecular weight is 303 g/mol. The maximum atomic E-state index is 11.5. The van der Waals surface area contributed by atoms with Gasteiger partial charge in [-0.3, -0.25) is 4.79 Å². The number of nitrogens with one attached hydrogen (secondary N) is 1. The van der Waals surface area contributed by atoms with Crippen molar-refractivity contribution >= 4 is 49.6 Å². The molecule has 0 unspecified atom stereocenters. The Labute approximate surface area is 103 Å². The number of hydrogen-bond acceptors (Lipinski definition) is 4. The van der Waals surface area contributed by atoms with Crippen LogP contribution in [0.3, 0.4) is 0 Å². The second-order valence-corrected chi connectivity index (χ2v) is 6.22. The molecule has 0 bridgehead atoms. The van der Waals surface area contributed by atoms with Crippen molar-refractivity contribution in [1.29, 1.82) is 0 Å². The molecular formula is C9H7BrN2OS2. The lowest BCUT2D eigenvalue weighted by Crippen LogP contribution is -2.13. The van der Waals surface area contributed by atoms with Gasteiger partial charge in [-0.15, -0.1) is 11.3 Å². The summed E-state index contributed by atoms with van der Waals surface area (Å²) in [4.78, 5) is 16.6. The summed E-state index contributed by atoms with van der Waals surface area (Å²) in [5, 5.41) is 5.34. The van der Waals surface area contributed by atoms with Crippen LogP contribution in [0.4, 0.5) is 5.13 Å². The van der Waals surface area contributed by atoms with Gasteiger partial charge < -0.3 is 5.32 Å². The quantitative estimate of drug-likeness (QED) is 0.946. The second kappa shape index (κ2) is 4.87. The Kier molecular flexibility index (Phi) is 3.50. The largest absolute Gasteiger partial charge is 0.302 e. The fourth-order valence-corrected chi connectivity index (χ4v) is 2.87. The van der Waals surface area contributed by atoms with E-state index in [2.05, 4.69) is 26.2 Å². The van der Waals surface area contributed by atoms with E-state index in [-0.39, 0.29) is 5.91 Å². The summed E-state index contributed by atoms with van der Waals surface area (Å²) < 4.78 is 0.911. The van der Waals surface area contributed by atoms with Crippen LogP contribution in [0.25, 0.3) is 0 Å². The molecule has 2 aromatic rings. The third-order valence-electron chi connectivity index (χ3n) is 1.64. The van der Waals surface area contributed by atoms with Crippen LogP contribution in [0.5, 0.6) is 0 Å². The van der Waals surface area contributed by atoms with E-state index < -0.39 is 0 Å².